The van der Waals surface area contributed by atoms with Gasteiger partial charge in [-0.25, -0.2) is 8.42 Å². The van der Waals surface area contributed by atoms with Crippen molar-refractivity contribution in [1.82, 2.24) is 0 Å². The van der Waals surface area contributed by atoms with E-state index in [1.165, 1.54) is 0 Å². The molecule has 0 fully saturated rings. The maximum atomic E-state index is 11.2. The van der Waals surface area contributed by atoms with Gasteiger partial charge in [0, 0.05) is 10.7 Å². The summed E-state index contributed by atoms with van der Waals surface area (Å²) in [4.78, 5) is 0.253. The Morgan fingerprint density at radius 3 is 2.71 bits per heavy atom. The van der Waals surface area contributed by atoms with Crippen LogP contribution >= 0.6 is 10.7 Å². The molecule has 1 aliphatic rings. The topological polar surface area (TPSA) is 34.1 Å². The lowest BCUT2D eigenvalue weighted by atomic mass is 10.1. The summed E-state index contributed by atoms with van der Waals surface area (Å²) in [6.45, 7) is 3.94. The van der Waals surface area contributed by atoms with E-state index in [4.69, 9.17) is 10.7 Å². The molecule has 1 radical (unpaired) electrons. The minimum atomic E-state index is -3.61. The Balaban J connectivity index is 2.62. The molecule has 0 heterocycles. The van der Waals surface area contributed by atoms with Crippen molar-refractivity contribution < 1.29 is 8.42 Å². The minimum absolute atomic E-state index is 0.253. The second kappa shape index (κ2) is 3.24. The summed E-state index contributed by atoms with van der Waals surface area (Å²) < 4.78 is 22.5. The summed E-state index contributed by atoms with van der Waals surface area (Å²) in [5, 5.41) is 0. The third-order valence-corrected chi connectivity index (χ3v) is 3.90. The van der Waals surface area contributed by atoms with Gasteiger partial charge in [-0.05, 0) is 42.9 Å². The normalized spacial score (nSPS) is 20.9. The lowest BCUT2D eigenvalue weighted by Crippen LogP contribution is -1.97. The average Bonchev–Trinajstić information content (AvgIpc) is 2.41. The van der Waals surface area contributed by atoms with Crippen LogP contribution in [0.5, 0.6) is 0 Å². The van der Waals surface area contributed by atoms with E-state index in [0.29, 0.717) is 6.42 Å². The molecule has 0 aromatic heterocycles. The number of benzene rings is 1. The predicted octanol–water partition coefficient (Wildman–Crippen LogP) is 2.16. The molecule has 0 N–H and O–H groups in total. The number of rotatable bonds is 1. The van der Waals surface area contributed by atoms with Crippen molar-refractivity contribution in [3.63, 3.8) is 0 Å². The van der Waals surface area contributed by atoms with Gasteiger partial charge in [-0.3, -0.25) is 0 Å². The van der Waals surface area contributed by atoms with Gasteiger partial charge in [0.25, 0.3) is 9.05 Å². The standard InChI is InChI=1S/C10H10ClO2S/c1-7-5-8-3-2-4-10(9(8)6-7)14(11,12)13/h2-4,7H,1,5-6H2. The lowest BCUT2D eigenvalue weighted by Gasteiger charge is -2.03. The summed E-state index contributed by atoms with van der Waals surface area (Å²) in [5.41, 5.74) is 1.91. The summed E-state index contributed by atoms with van der Waals surface area (Å²) >= 11 is 0. The van der Waals surface area contributed by atoms with Crippen LogP contribution in [0.3, 0.4) is 0 Å². The highest BCUT2D eigenvalue weighted by Crippen LogP contribution is 2.32. The van der Waals surface area contributed by atoms with Crippen LogP contribution in [-0.4, -0.2) is 8.42 Å². The van der Waals surface area contributed by atoms with Crippen molar-refractivity contribution >= 4 is 19.7 Å². The molecule has 0 saturated carbocycles. The van der Waals surface area contributed by atoms with Crippen molar-refractivity contribution in [3.8, 4) is 0 Å². The van der Waals surface area contributed by atoms with Gasteiger partial charge in [0.2, 0.25) is 0 Å². The van der Waals surface area contributed by atoms with E-state index < -0.39 is 9.05 Å². The first-order valence-electron chi connectivity index (χ1n) is 4.37. The molecule has 2 nitrogen and oxygen atoms in total. The van der Waals surface area contributed by atoms with Crippen molar-refractivity contribution in [1.29, 1.82) is 0 Å². The fourth-order valence-electron chi connectivity index (χ4n) is 1.93. The molecule has 75 valence electrons. The fourth-order valence-corrected chi connectivity index (χ4v) is 3.12. The summed E-state index contributed by atoms with van der Waals surface area (Å²) in [5.74, 6) is 0.268. The van der Waals surface area contributed by atoms with Gasteiger partial charge in [-0.2, -0.15) is 0 Å². The van der Waals surface area contributed by atoms with Crippen LogP contribution in [0, 0.1) is 12.8 Å². The van der Waals surface area contributed by atoms with Crippen LogP contribution in [0.1, 0.15) is 11.1 Å². The molecule has 0 bridgehead atoms. The molecule has 0 spiro atoms. The molecule has 0 amide bonds. The molecule has 0 saturated heterocycles. The largest absolute Gasteiger partial charge is 0.261 e. The lowest BCUT2D eigenvalue weighted by molar-refractivity contribution is 0.608. The zero-order chi connectivity index (χ0) is 10.3. The molecule has 1 unspecified atom stereocenters. The van der Waals surface area contributed by atoms with Gasteiger partial charge >= 0.3 is 0 Å². The minimum Gasteiger partial charge on any atom is -0.207 e. The summed E-state index contributed by atoms with van der Waals surface area (Å²) in [6, 6.07) is 5.22. The van der Waals surface area contributed by atoms with Crippen LogP contribution in [0.25, 0.3) is 0 Å². The second-order valence-electron chi connectivity index (χ2n) is 3.61. The van der Waals surface area contributed by atoms with E-state index in [-0.39, 0.29) is 10.8 Å². The molecule has 1 atom stereocenters. The summed E-state index contributed by atoms with van der Waals surface area (Å²) in [6.07, 6.45) is 1.55. The van der Waals surface area contributed by atoms with E-state index in [0.717, 1.165) is 17.5 Å². The van der Waals surface area contributed by atoms with Gasteiger partial charge in [-0.15, -0.1) is 0 Å². The van der Waals surface area contributed by atoms with Gasteiger partial charge in [0.15, 0.2) is 0 Å². The smallest absolute Gasteiger partial charge is 0.207 e. The fraction of sp³-hybridized carbons (Fsp3) is 0.300. The zero-order valence-corrected chi connectivity index (χ0v) is 9.11. The van der Waals surface area contributed by atoms with Crippen LogP contribution in [-0.2, 0) is 21.9 Å². The third-order valence-electron chi connectivity index (χ3n) is 2.49. The van der Waals surface area contributed by atoms with E-state index in [1.807, 2.05) is 6.07 Å². The number of hydrogen-bond donors (Lipinski definition) is 0. The van der Waals surface area contributed by atoms with Gasteiger partial charge < -0.3 is 0 Å². The van der Waals surface area contributed by atoms with E-state index in [9.17, 15) is 8.42 Å². The molecule has 2 rings (SSSR count). The molecule has 1 aromatic rings. The van der Waals surface area contributed by atoms with Crippen molar-refractivity contribution in [3.05, 3.63) is 36.2 Å². The molecule has 0 aliphatic heterocycles. The SMILES string of the molecule is [CH2]C1Cc2cccc(S(=O)(=O)Cl)c2C1. The maximum Gasteiger partial charge on any atom is 0.261 e. The molecular weight excluding hydrogens is 220 g/mol. The van der Waals surface area contributed by atoms with Crippen LogP contribution in [0.2, 0.25) is 0 Å². The monoisotopic (exact) mass is 229 g/mol. The third kappa shape index (κ3) is 1.66. The highest BCUT2D eigenvalue weighted by atomic mass is 35.7. The average molecular weight is 230 g/mol. The summed E-state index contributed by atoms with van der Waals surface area (Å²) in [7, 11) is 1.73. The highest BCUT2D eigenvalue weighted by molar-refractivity contribution is 8.13. The predicted molar refractivity (Wildman–Crippen MR) is 55.7 cm³/mol. The highest BCUT2D eigenvalue weighted by Gasteiger charge is 2.25. The van der Waals surface area contributed by atoms with E-state index in [2.05, 4.69) is 6.92 Å². The molecule has 14 heavy (non-hydrogen) atoms. The molecule has 4 heteroatoms. The number of hydrogen-bond acceptors (Lipinski definition) is 2. The second-order valence-corrected chi connectivity index (χ2v) is 6.14. The van der Waals surface area contributed by atoms with Crippen LogP contribution in [0.15, 0.2) is 23.1 Å². The van der Waals surface area contributed by atoms with Crippen molar-refractivity contribution in [2.45, 2.75) is 17.7 Å². The first-order valence-corrected chi connectivity index (χ1v) is 6.68. The number of fused-ring (bicyclic) bond motifs is 1. The van der Waals surface area contributed by atoms with Crippen molar-refractivity contribution in [2.24, 2.45) is 5.92 Å². The number of halogens is 1. The van der Waals surface area contributed by atoms with Gasteiger partial charge in [0.1, 0.15) is 0 Å². The molecular formula is C10H10ClO2S. The maximum absolute atomic E-state index is 11.2. The van der Waals surface area contributed by atoms with Gasteiger partial charge in [0.05, 0.1) is 4.90 Å². The Kier molecular flexibility index (Phi) is 2.32. The zero-order valence-electron chi connectivity index (χ0n) is 7.53. The van der Waals surface area contributed by atoms with E-state index in [1.54, 1.807) is 12.1 Å². The quantitative estimate of drug-likeness (QED) is 0.692. The first kappa shape index (κ1) is 9.99. The Labute approximate surface area is 88.3 Å². The Morgan fingerprint density at radius 1 is 1.36 bits per heavy atom. The first-order chi connectivity index (χ1) is 6.48. The van der Waals surface area contributed by atoms with Gasteiger partial charge in [-0.1, -0.05) is 12.1 Å². The molecule has 1 aromatic carbocycles. The van der Waals surface area contributed by atoms with E-state index >= 15 is 0 Å². The van der Waals surface area contributed by atoms with Crippen molar-refractivity contribution in [2.75, 3.05) is 0 Å². The molecule has 1 aliphatic carbocycles. The Bertz CT molecular complexity index is 465. The van der Waals surface area contributed by atoms with Crippen LogP contribution < -0.4 is 0 Å². The Hall–Kier alpha value is -0.540. The Morgan fingerprint density at radius 2 is 2.07 bits per heavy atom. The van der Waals surface area contributed by atoms with Crippen LogP contribution in [0.4, 0.5) is 0 Å².